The molecule has 0 atom stereocenters. The lowest BCUT2D eigenvalue weighted by Gasteiger charge is -2.05. The van der Waals surface area contributed by atoms with Gasteiger partial charge in [-0.25, -0.2) is 9.78 Å². The average molecular weight is 365 g/mol. The van der Waals surface area contributed by atoms with Crippen molar-refractivity contribution < 1.29 is 19.1 Å². The first-order valence-electron chi connectivity index (χ1n) is 6.91. The predicted octanol–water partition coefficient (Wildman–Crippen LogP) is 1.94. The first-order valence-corrected chi connectivity index (χ1v) is 8.71. The van der Waals surface area contributed by atoms with E-state index in [0.29, 0.717) is 0 Å². The quantitative estimate of drug-likeness (QED) is 0.442. The molecule has 0 unspecified atom stereocenters. The molecule has 1 heterocycles. The van der Waals surface area contributed by atoms with Crippen molar-refractivity contribution in [2.24, 2.45) is 0 Å². The number of imide groups is 1. The molecule has 0 aliphatic carbocycles. The number of hydrogen-bond donors (Lipinski definition) is 2. The molecule has 0 saturated heterocycles. The number of aromatic nitrogens is 1. The first-order chi connectivity index (χ1) is 11.6. The van der Waals surface area contributed by atoms with Crippen molar-refractivity contribution in [2.45, 2.75) is 4.34 Å². The van der Waals surface area contributed by atoms with Crippen LogP contribution in [0.3, 0.4) is 0 Å². The molecule has 0 aliphatic heterocycles. The highest BCUT2D eigenvalue weighted by Gasteiger charge is 2.12. The number of benzene rings is 1. The number of nitrogens with zero attached hydrogens (tertiary/aromatic N) is 1. The molecule has 7 nitrogen and oxygen atoms in total. The van der Waals surface area contributed by atoms with E-state index in [2.05, 4.69) is 16.9 Å². The van der Waals surface area contributed by atoms with Gasteiger partial charge in [-0.2, -0.15) is 0 Å². The van der Waals surface area contributed by atoms with Gasteiger partial charge in [0.2, 0.25) is 0 Å². The fourth-order valence-electron chi connectivity index (χ4n) is 1.59. The van der Waals surface area contributed by atoms with Crippen molar-refractivity contribution >= 4 is 51.2 Å². The fraction of sp³-hybridized carbons (Fsp3) is 0.200. The number of thioether (sulfide) groups is 1. The van der Waals surface area contributed by atoms with E-state index >= 15 is 0 Å². The SMILES string of the molecule is C=CCNC(=O)NC(=O)COC(=O)CSc1nc2ccccc2s1. The molecule has 0 fully saturated rings. The molecule has 0 saturated carbocycles. The third kappa shape index (κ3) is 5.67. The molecule has 0 radical (unpaired) electrons. The standard InChI is InChI=1S/C15H15N3O4S2/c1-2-7-16-14(21)18-12(19)8-22-13(20)9-23-15-17-10-5-3-4-6-11(10)24-15/h2-6H,1,7-9H2,(H2,16,18,19,21). The molecule has 2 N–H and O–H groups in total. The van der Waals surface area contributed by atoms with Crippen molar-refractivity contribution in [2.75, 3.05) is 18.9 Å². The third-order valence-electron chi connectivity index (χ3n) is 2.61. The van der Waals surface area contributed by atoms with E-state index in [1.807, 2.05) is 29.6 Å². The highest BCUT2D eigenvalue weighted by molar-refractivity contribution is 8.01. The zero-order valence-electron chi connectivity index (χ0n) is 12.6. The number of hydrogen-bond acceptors (Lipinski definition) is 7. The Bertz CT molecular complexity index is 727. The van der Waals surface area contributed by atoms with Crippen LogP contribution in [0.2, 0.25) is 0 Å². The minimum atomic E-state index is -0.699. The molecule has 0 spiro atoms. The van der Waals surface area contributed by atoms with Crippen LogP contribution in [0, 0.1) is 0 Å². The van der Waals surface area contributed by atoms with Crippen LogP contribution in [0.1, 0.15) is 0 Å². The van der Waals surface area contributed by atoms with E-state index < -0.39 is 24.5 Å². The van der Waals surface area contributed by atoms with Crippen LogP contribution >= 0.6 is 23.1 Å². The van der Waals surface area contributed by atoms with Gasteiger partial charge in [0.1, 0.15) is 0 Å². The molecule has 126 valence electrons. The number of carbonyl (C=O) groups excluding carboxylic acids is 3. The minimum Gasteiger partial charge on any atom is -0.455 e. The number of esters is 1. The molecular formula is C15H15N3O4S2. The number of para-hydroxylation sites is 1. The Morgan fingerprint density at radius 2 is 2.12 bits per heavy atom. The van der Waals surface area contributed by atoms with Gasteiger partial charge in [0.15, 0.2) is 10.9 Å². The van der Waals surface area contributed by atoms with Crippen molar-refractivity contribution in [3.05, 3.63) is 36.9 Å². The molecule has 2 rings (SSSR count). The molecule has 0 aliphatic rings. The van der Waals surface area contributed by atoms with Gasteiger partial charge in [-0.3, -0.25) is 14.9 Å². The molecule has 2 aromatic rings. The summed E-state index contributed by atoms with van der Waals surface area (Å²) in [4.78, 5) is 38.6. The largest absolute Gasteiger partial charge is 0.455 e. The number of fused-ring (bicyclic) bond motifs is 1. The van der Waals surface area contributed by atoms with Gasteiger partial charge in [-0.05, 0) is 12.1 Å². The molecule has 1 aromatic heterocycles. The fourth-order valence-corrected chi connectivity index (χ4v) is 3.46. The summed E-state index contributed by atoms with van der Waals surface area (Å²) >= 11 is 2.73. The molecular weight excluding hydrogens is 350 g/mol. The summed E-state index contributed by atoms with van der Waals surface area (Å²) in [6.07, 6.45) is 1.48. The maximum absolute atomic E-state index is 11.6. The number of thiazole rings is 1. The van der Waals surface area contributed by atoms with Crippen LogP contribution in [0.25, 0.3) is 10.2 Å². The summed E-state index contributed by atoms with van der Waals surface area (Å²) in [6, 6.07) is 7.01. The smallest absolute Gasteiger partial charge is 0.321 e. The van der Waals surface area contributed by atoms with E-state index in [-0.39, 0.29) is 12.3 Å². The summed E-state index contributed by atoms with van der Waals surface area (Å²) < 4.78 is 6.60. The second kappa shape index (κ2) is 9.04. The Balaban J connectivity index is 1.70. The number of carbonyl (C=O) groups is 3. The average Bonchev–Trinajstić information content (AvgIpc) is 2.99. The van der Waals surface area contributed by atoms with Gasteiger partial charge in [0, 0.05) is 6.54 Å². The third-order valence-corrected chi connectivity index (χ3v) is 4.76. The van der Waals surface area contributed by atoms with Crippen LogP contribution in [-0.4, -0.2) is 41.8 Å². The van der Waals surface area contributed by atoms with E-state index in [9.17, 15) is 14.4 Å². The first kappa shape index (κ1) is 18.0. The Kier molecular flexibility index (Phi) is 6.76. The lowest BCUT2D eigenvalue weighted by Crippen LogP contribution is -2.41. The summed E-state index contributed by atoms with van der Waals surface area (Å²) in [5.74, 6) is -1.22. The van der Waals surface area contributed by atoms with Gasteiger partial charge in [0.05, 0.1) is 16.0 Å². The van der Waals surface area contributed by atoms with Crippen LogP contribution in [0.15, 0.2) is 41.3 Å². The van der Waals surface area contributed by atoms with Crippen LogP contribution in [-0.2, 0) is 14.3 Å². The van der Waals surface area contributed by atoms with Crippen molar-refractivity contribution in [3.63, 3.8) is 0 Å². The highest BCUT2D eigenvalue weighted by atomic mass is 32.2. The van der Waals surface area contributed by atoms with E-state index in [4.69, 9.17) is 4.74 Å². The van der Waals surface area contributed by atoms with Crippen molar-refractivity contribution in [3.8, 4) is 0 Å². The normalized spacial score (nSPS) is 10.2. The van der Waals surface area contributed by atoms with Crippen molar-refractivity contribution in [1.29, 1.82) is 0 Å². The van der Waals surface area contributed by atoms with Gasteiger partial charge in [-0.15, -0.1) is 17.9 Å². The summed E-state index contributed by atoms with van der Waals surface area (Å²) in [5.41, 5.74) is 0.878. The molecule has 1 aromatic carbocycles. The number of nitrogens with one attached hydrogen (secondary N) is 2. The lowest BCUT2D eigenvalue weighted by atomic mass is 10.3. The van der Waals surface area contributed by atoms with Gasteiger partial charge < -0.3 is 10.1 Å². The Labute approximate surface area is 146 Å². The van der Waals surface area contributed by atoms with E-state index in [0.717, 1.165) is 14.6 Å². The second-order valence-corrected chi connectivity index (χ2v) is 6.70. The lowest BCUT2D eigenvalue weighted by molar-refractivity contribution is -0.145. The van der Waals surface area contributed by atoms with Crippen molar-refractivity contribution in [1.82, 2.24) is 15.6 Å². The van der Waals surface area contributed by atoms with Gasteiger partial charge >= 0.3 is 12.0 Å². The Morgan fingerprint density at radius 3 is 2.88 bits per heavy atom. The highest BCUT2D eigenvalue weighted by Crippen LogP contribution is 2.29. The minimum absolute atomic E-state index is 0.0375. The van der Waals surface area contributed by atoms with Gasteiger partial charge in [-0.1, -0.05) is 30.0 Å². The molecule has 0 bridgehead atoms. The monoisotopic (exact) mass is 365 g/mol. The Morgan fingerprint density at radius 1 is 1.33 bits per heavy atom. The molecule has 24 heavy (non-hydrogen) atoms. The molecule has 9 heteroatoms. The van der Waals surface area contributed by atoms with Gasteiger partial charge in [0.25, 0.3) is 5.91 Å². The summed E-state index contributed by atoms with van der Waals surface area (Å²) in [5, 5.41) is 4.40. The zero-order chi connectivity index (χ0) is 17.4. The number of urea groups is 1. The van der Waals surface area contributed by atoms with E-state index in [1.165, 1.54) is 29.2 Å². The summed E-state index contributed by atoms with van der Waals surface area (Å²) in [6.45, 7) is 3.15. The number of amides is 3. The second-order valence-electron chi connectivity index (χ2n) is 4.44. The topological polar surface area (TPSA) is 97.4 Å². The van der Waals surface area contributed by atoms with Crippen LogP contribution < -0.4 is 10.6 Å². The molecule has 3 amide bonds. The maximum Gasteiger partial charge on any atom is 0.321 e. The zero-order valence-corrected chi connectivity index (χ0v) is 14.2. The van der Waals surface area contributed by atoms with Crippen LogP contribution in [0.4, 0.5) is 4.79 Å². The number of rotatable bonds is 7. The predicted molar refractivity (Wildman–Crippen MR) is 93.0 cm³/mol. The van der Waals surface area contributed by atoms with Crippen LogP contribution in [0.5, 0.6) is 0 Å². The Hall–Kier alpha value is -2.39. The summed E-state index contributed by atoms with van der Waals surface area (Å²) in [7, 11) is 0. The number of ether oxygens (including phenoxy) is 1. The van der Waals surface area contributed by atoms with E-state index in [1.54, 1.807) is 0 Å². The maximum atomic E-state index is 11.6.